The lowest BCUT2D eigenvalue weighted by molar-refractivity contribution is 0.628. The quantitative estimate of drug-likeness (QED) is 0.693. The normalized spacial score (nSPS) is 11.0. The first kappa shape index (κ1) is 14.9. The zero-order valence-corrected chi connectivity index (χ0v) is 12.8. The molecule has 5 heteroatoms. The topological polar surface area (TPSA) is 48.7 Å². The standard InChI is InChI=1S/C18H12FN3S/c19-15-8-6-13(7-9-15)17-12-23-18(22-17)14(10-20)11-21-16-4-2-1-3-5-16/h1-9,11-12,21H. The highest BCUT2D eigenvalue weighted by Crippen LogP contribution is 2.26. The third kappa shape index (κ3) is 3.62. The molecule has 0 saturated heterocycles. The molecule has 0 amide bonds. The molecule has 3 aromatic rings. The van der Waals surface area contributed by atoms with Crippen molar-refractivity contribution < 1.29 is 4.39 Å². The van der Waals surface area contributed by atoms with Crippen molar-refractivity contribution in [3.05, 3.63) is 77.0 Å². The van der Waals surface area contributed by atoms with Gasteiger partial charge in [0, 0.05) is 22.8 Å². The van der Waals surface area contributed by atoms with E-state index >= 15 is 0 Å². The Kier molecular flexibility index (Phi) is 4.46. The molecule has 2 aromatic carbocycles. The molecule has 1 aromatic heterocycles. The van der Waals surface area contributed by atoms with Crippen molar-refractivity contribution >= 4 is 22.6 Å². The van der Waals surface area contributed by atoms with E-state index in [0.29, 0.717) is 10.6 Å². The Morgan fingerprint density at radius 3 is 2.57 bits per heavy atom. The molecule has 0 saturated carbocycles. The molecule has 3 rings (SSSR count). The number of hydrogen-bond acceptors (Lipinski definition) is 4. The molecule has 0 aliphatic rings. The van der Waals surface area contributed by atoms with Crippen LogP contribution in [0.4, 0.5) is 10.1 Å². The number of benzene rings is 2. The molecule has 0 spiro atoms. The first-order valence-corrected chi connectivity index (χ1v) is 7.78. The monoisotopic (exact) mass is 321 g/mol. The van der Waals surface area contributed by atoms with Crippen LogP contribution < -0.4 is 5.32 Å². The van der Waals surface area contributed by atoms with Crippen molar-refractivity contribution in [2.45, 2.75) is 0 Å². The van der Waals surface area contributed by atoms with Gasteiger partial charge >= 0.3 is 0 Å². The van der Waals surface area contributed by atoms with Crippen molar-refractivity contribution in [3.8, 4) is 17.3 Å². The largest absolute Gasteiger partial charge is 0.360 e. The smallest absolute Gasteiger partial charge is 0.136 e. The summed E-state index contributed by atoms with van der Waals surface area (Å²) in [7, 11) is 0. The minimum Gasteiger partial charge on any atom is -0.360 e. The summed E-state index contributed by atoms with van der Waals surface area (Å²) in [5, 5.41) is 14.9. The number of aromatic nitrogens is 1. The number of anilines is 1. The van der Waals surface area contributed by atoms with E-state index in [1.807, 2.05) is 35.7 Å². The molecule has 0 radical (unpaired) electrons. The summed E-state index contributed by atoms with van der Waals surface area (Å²) in [5.74, 6) is -0.283. The second kappa shape index (κ2) is 6.86. The van der Waals surface area contributed by atoms with Gasteiger partial charge in [-0.15, -0.1) is 11.3 Å². The summed E-state index contributed by atoms with van der Waals surface area (Å²) in [4.78, 5) is 4.46. The number of rotatable bonds is 4. The van der Waals surface area contributed by atoms with E-state index in [1.165, 1.54) is 23.5 Å². The molecule has 23 heavy (non-hydrogen) atoms. The first-order valence-electron chi connectivity index (χ1n) is 6.90. The molecular formula is C18H12FN3S. The summed E-state index contributed by atoms with van der Waals surface area (Å²) >= 11 is 1.38. The maximum absolute atomic E-state index is 13.0. The number of nitrogens with zero attached hydrogens (tertiary/aromatic N) is 2. The van der Waals surface area contributed by atoms with E-state index in [4.69, 9.17) is 0 Å². The van der Waals surface area contributed by atoms with Crippen LogP contribution in [0.2, 0.25) is 0 Å². The number of allylic oxidation sites excluding steroid dienone is 1. The maximum Gasteiger partial charge on any atom is 0.136 e. The van der Waals surface area contributed by atoms with Crippen LogP contribution >= 0.6 is 11.3 Å². The van der Waals surface area contributed by atoms with Crippen LogP contribution in [0.25, 0.3) is 16.8 Å². The second-order valence-corrected chi connectivity index (χ2v) is 5.58. The van der Waals surface area contributed by atoms with Gasteiger partial charge in [0.2, 0.25) is 0 Å². The molecule has 112 valence electrons. The summed E-state index contributed by atoms with van der Waals surface area (Å²) in [6, 6.07) is 17.9. The lowest BCUT2D eigenvalue weighted by atomic mass is 10.2. The molecular weight excluding hydrogens is 309 g/mol. The van der Waals surface area contributed by atoms with Crippen LogP contribution in [0.15, 0.2) is 66.2 Å². The van der Waals surface area contributed by atoms with Crippen LogP contribution in [-0.2, 0) is 0 Å². The van der Waals surface area contributed by atoms with Gasteiger partial charge in [0.1, 0.15) is 22.5 Å². The highest BCUT2D eigenvalue weighted by Gasteiger charge is 2.09. The lowest BCUT2D eigenvalue weighted by Gasteiger charge is -2.00. The minimum absolute atomic E-state index is 0.283. The van der Waals surface area contributed by atoms with Gasteiger partial charge in [-0.25, -0.2) is 9.37 Å². The van der Waals surface area contributed by atoms with Crippen molar-refractivity contribution in [2.75, 3.05) is 5.32 Å². The van der Waals surface area contributed by atoms with Crippen molar-refractivity contribution in [2.24, 2.45) is 0 Å². The average Bonchev–Trinajstić information content (AvgIpc) is 3.07. The summed E-state index contributed by atoms with van der Waals surface area (Å²) in [6.45, 7) is 0. The molecule has 0 bridgehead atoms. The summed E-state index contributed by atoms with van der Waals surface area (Å²) in [5.41, 5.74) is 2.90. The highest BCUT2D eigenvalue weighted by atomic mass is 32.1. The zero-order valence-electron chi connectivity index (χ0n) is 12.0. The predicted molar refractivity (Wildman–Crippen MR) is 91.2 cm³/mol. The molecule has 0 aliphatic heterocycles. The SMILES string of the molecule is N#CC(=CNc1ccccc1)c1nc(-c2ccc(F)cc2)cs1. The fourth-order valence-electron chi connectivity index (χ4n) is 1.98. The number of hydrogen-bond donors (Lipinski definition) is 1. The number of nitriles is 1. The van der Waals surface area contributed by atoms with Crippen molar-refractivity contribution in [1.82, 2.24) is 4.98 Å². The van der Waals surface area contributed by atoms with Gasteiger partial charge < -0.3 is 5.32 Å². The Morgan fingerprint density at radius 2 is 1.87 bits per heavy atom. The van der Waals surface area contributed by atoms with Gasteiger partial charge in [-0.3, -0.25) is 0 Å². The van der Waals surface area contributed by atoms with E-state index in [2.05, 4.69) is 16.4 Å². The molecule has 0 atom stereocenters. The van der Waals surface area contributed by atoms with E-state index in [1.54, 1.807) is 18.3 Å². The van der Waals surface area contributed by atoms with Crippen LogP contribution in [0.5, 0.6) is 0 Å². The van der Waals surface area contributed by atoms with Gasteiger partial charge in [0.25, 0.3) is 0 Å². The second-order valence-electron chi connectivity index (χ2n) is 4.72. The minimum atomic E-state index is -0.283. The van der Waals surface area contributed by atoms with E-state index < -0.39 is 0 Å². The molecule has 0 fully saturated rings. The third-order valence-electron chi connectivity index (χ3n) is 3.15. The van der Waals surface area contributed by atoms with Crippen LogP contribution in [0, 0.1) is 17.1 Å². The van der Waals surface area contributed by atoms with Crippen molar-refractivity contribution in [1.29, 1.82) is 5.26 Å². The Morgan fingerprint density at radius 1 is 1.13 bits per heavy atom. The van der Waals surface area contributed by atoms with Gasteiger partial charge in [-0.05, 0) is 36.4 Å². The van der Waals surface area contributed by atoms with Crippen LogP contribution in [0.3, 0.4) is 0 Å². The Labute approximate surface area is 137 Å². The first-order chi connectivity index (χ1) is 11.3. The zero-order chi connectivity index (χ0) is 16.1. The van der Waals surface area contributed by atoms with Gasteiger partial charge in [0.15, 0.2) is 0 Å². The predicted octanol–water partition coefficient (Wildman–Crippen LogP) is 4.93. The molecule has 1 N–H and O–H groups in total. The summed E-state index contributed by atoms with van der Waals surface area (Å²) < 4.78 is 13.0. The number of halogens is 1. The van der Waals surface area contributed by atoms with E-state index in [-0.39, 0.29) is 5.82 Å². The lowest BCUT2D eigenvalue weighted by Crippen LogP contribution is -1.90. The highest BCUT2D eigenvalue weighted by molar-refractivity contribution is 7.11. The summed E-state index contributed by atoms with van der Waals surface area (Å²) in [6.07, 6.45) is 1.64. The van der Waals surface area contributed by atoms with Gasteiger partial charge in [-0.2, -0.15) is 5.26 Å². The number of thiazole rings is 1. The molecule has 3 nitrogen and oxygen atoms in total. The number of para-hydroxylation sites is 1. The fraction of sp³-hybridized carbons (Fsp3) is 0. The van der Waals surface area contributed by atoms with Crippen LogP contribution in [0.1, 0.15) is 5.01 Å². The van der Waals surface area contributed by atoms with E-state index in [9.17, 15) is 9.65 Å². The van der Waals surface area contributed by atoms with Gasteiger partial charge in [0.05, 0.1) is 5.69 Å². The third-order valence-corrected chi connectivity index (χ3v) is 4.03. The van der Waals surface area contributed by atoms with E-state index in [0.717, 1.165) is 16.9 Å². The Balaban J connectivity index is 1.83. The molecule has 1 heterocycles. The number of nitrogens with one attached hydrogen (secondary N) is 1. The molecule has 0 aliphatic carbocycles. The Hall–Kier alpha value is -2.97. The fourth-order valence-corrected chi connectivity index (χ4v) is 2.78. The molecule has 0 unspecified atom stereocenters. The average molecular weight is 321 g/mol. The maximum atomic E-state index is 13.0. The van der Waals surface area contributed by atoms with Crippen LogP contribution in [-0.4, -0.2) is 4.98 Å². The Bertz CT molecular complexity index is 861. The van der Waals surface area contributed by atoms with Crippen molar-refractivity contribution in [3.63, 3.8) is 0 Å². The van der Waals surface area contributed by atoms with Gasteiger partial charge in [-0.1, -0.05) is 18.2 Å².